The molecule has 0 aromatic rings. The topological polar surface area (TPSA) is 130 Å². The van der Waals surface area contributed by atoms with E-state index in [0.717, 1.165) is 12.5 Å². The van der Waals surface area contributed by atoms with Crippen molar-refractivity contribution in [2.24, 2.45) is 22.7 Å². The highest BCUT2D eigenvalue weighted by molar-refractivity contribution is 6.01. The molecule has 0 amide bonds. The number of hydrogen-bond donors (Lipinski definition) is 3. The number of hydrogen-bond acceptors (Lipinski definition) is 7. The summed E-state index contributed by atoms with van der Waals surface area (Å²) in [6.07, 6.45) is 4.00. The van der Waals surface area contributed by atoms with Gasteiger partial charge in [-0.3, -0.25) is 14.4 Å². The molecule has 0 spiro atoms. The molecule has 1 heterocycles. The minimum absolute atomic E-state index is 0.0109. The summed E-state index contributed by atoms with van der Waals surface area (Å²) < 4.78 is 29.5. The lowest BCUT2D eigenvalue weighted by molar-refractivity contribution is -0.246. The smallest absolute Gasteiger partial charge is 0.300 e. The first-order valence-corrected chi connectivity index (χ1v) is 12.1. The number of halogens is 1. The van der Waals surface area contributed by atoms with E-state index >= 15 is 4.39 Å². The first-order valence-electron chi connectivity index (χ1n) is 12.1. The monoisotopic (exact) mass is 494 g/mol. The van der Waals surface area contributed by atoms with Crippen LogP contribution in [-0.4, -0.2) is 68.7 Å². The molecule has 9 heteroatoms. The van der Waals surface area contributed by atoms with E-state index in [-0.39, 0.29) is 18.1 Å². The normalized spacial score (nSPS) is 46.9. The Hall–Kier alpha value is -1.94. The predicted octanol–water partition coefficient (Wildman–Crippen LogP) is 2.51. The van der Waals surface area contributed by atoms with Crippen molar-refractivity contribution in [1.29, 1.82) is 0 Å². The van der Waals surface area contributed by atoms with Crippen LogP contribution in [-0.2, 0) is 23.9 Å². The Labute approximate surface area is 204 Å². The van der Waals surface area contributed by atoms with Crippen LogP contribution in [0.5, 0.6) is 0 Å². The van der Waals surface area contributed by atoms with Crippen LogP contribution in [0.1, 0.15) is 60.3 Å². The van der Waals surface area contributed by atoms with Crippen LogP contribution in [0.25, 0.3) is 0 Å². The molecule has 5 rings (SSSR count). The third-order valence-electron chi connectivity index (χ3n) is 9.19. The van der Waals surface area contributed by atoms with Gasteiger partial charge in [0.25, 0.3) is 5.97 Å². The molecule has 194 valence electrons. The SMILES string of the molecule is CC(=O)O.CC1(C)O[C@@H]2C[C@H]3[C@@H]4CCC5=CC(=O)C=C[C@]5(C)[C@@]4(F)[C@@H](O)C[C@]3(C)[C@]2(C(=O)CO)O1. The number of ketones is 2. The lowest BCUT2D eigenvalue weighted by atomic mass is 9.44. The molecule has 0 radical (unpaired) electrons. The highest BCUT2D eigenvalue weighted by atomic mass is 19.1. The second-order valence-corrected chi connectivity index (χ2v) is 11.4. The van der Waals surface area contributed by atoms with Gasteiger partial charge in [-0.1, -0.05) is 18.6 Å². The second-order valence-electron chi connectivity index (χ2n) is 11.4. The van der Waals surface area contributed by atoms with Crippen molar-refractivity contribution in [1.82, 2.24) is 0 Å². The third kappa shape index (κ3) is 3.35. The van der Waals surface area contributed by atoms with E-state index < -0.39 is 64.4 Å². The Morgan fingerprint density at radius 1 is 1.20 bits per heavy atom. The molecule has 3 saturated carbocycles. The average molecular weight is 495 g/mol. The van der Waals surface area contributed by atoms with E-state index in [1.54, 1.807) is 26.8 Å². The molecule has 35 heavy (non-hydrogen) atoms. The number of carboxylic acid groups (broad SMARTS) is 1. The maximum atomic E-state index is 17.1. The van der Waals surface area contributed by atoms with E-state index in [4.69, 9.17) is 19.4 Å². The Balaban J connectivity index is 0.000000672. The van der Waals surface area contributed by atoms with Crippen LogP contribution in [0.15, 0.2) is 23.8 Å². The molecule has 0 aromatic heterocycles. The van der Waals surface area contributed by atoms with Gasteiger partial charge in [0.2, 0.25) is 0 Å². The van der Waals surface area contributed by atoms with Crippen molar-refractivity contribution in [3.63, 3.8) is 0 Å². The molecular weight excluding hydrogens is 459 g/mol. The first-order chi connectivity index (χ1) is 16.1. The first kappa shape index (κ1) is 26.1. The van der Waals surface area contributed by atoms with Gasteiger partial charge in [-0.15, -0.1) is 0 Å². The van der Waals surface area contributed by atoms with Crippen molar-refractivity contribution >= 4 is 17.5 Å². The van der Waals surface area contributed by atoms with Crippen LogP contribution in [0.3, 0.4) is 0 Å². The Bertz CT molecular complexity index is 1010. The lowest BCUT2D eigenvalue weighted by Crippen LogP contribution is -2.70. The molecule has 4 fully saturated rings. The number of aliphatic hydroxyl groups is 2. The van der Waals surface area contributed by atoms with E-state index in [1.807, 2.05) is 6.92 Å². The number of alkyl halides is 1. The van der Waals surface area contributed by atoms with Crippen molar-refractivity contribution in [2.75, 3.05) is 6.61 Å². The van der Waals surface area contributed by atoms with Crippen LogP contribution in [0, 0.1) is 22.7 Å². The Morgan fingerprint density at radius 2 is 1.83 bits per heavy atom. The molecule has 1 aliphatic heterocycles. The average Bonchev–Trinajstić information content (AvgIpc) is 3.15. The Morgan fingerprint density at radius 3 is 2.43 bits per heavy atom. The van der Waals surface area contributed by atoms with E-state index in [1.165, 1.54) is 12.2 Å². The molecule has 8 atom stereocenters. The quantitative estimate of drug-likeness (QED) is 0.534. The van der Waals surface area contributed by atoms with Gasteiger partial charge in [-0.25, -0.2) is 4.39 Å². The van der Waals surface area contributed by atoms with Gasteiger partial charge >= 0.3 is 0 Å². The molecule has 0 aromatic carbocycles. The maximum absolute atomic E-state index is 17.1. The number of carbonyl (C=O) groups is 3. The highest BCUT2D eigenvalue weighted by Crippen LogP contribution is 2.72. The number of fused-ring (bicyclic) bond motifs is 7. The molecule has 1 saturated heterocycles. The fourth-order valence-electron chi connectivity index (χ4n) is 7.93. The zero-order valence-electron chi connectivity index (χ0n) is 20.8. The highest BCUT2D eigenvalue weighted by Gasteiger charge is 2.79. The lowest BCUT2D eigenvalue weighted by Gasteiger charge is -2.62. The van der Waals surface area contributed by atoms with E-state index in [2.05, 4.69) is 0 Å². The predicted molar refractivity (Wildman–Crippen MR) is 122 cm³/mol. The second kappa shape index (κ2) is 8.03. The summed E-state index contributed by atoms with van der Waals surface area (Å²) in [5.41, 5.74) is -4.66. The summed E-state index contributed by atoms with van der Waals surface area (Å²) in [5.74, 6) is -3.29. The van der Waals surface area contributed by atoms with Crippen LogP contribution < -0.4 is 0 Å². The molecule has 0 unspecified atom stereocenters. The number of aliphatic carboxylic acids is 1. The fourth-order valence-corrected chi connectivity index (χ4v) is 7.93. The van der Waals surface area contributed by atoms with Crippen molar-refractivity contribution in [3.8, 4) is 0 Å². The number of Topliss-reactive ketones (excluding diaryl/α,β-unsaturated/α-hetero) is 1. The van der Waals surface area contributed by atoms with Gasteiger partial charge in [0.15, 0.2) is 28.6 Å². The van der Waals surface area contributed by atoms with Gasteiger partial charge < -0.3 is 24.8 Å². The van der Waals surface area contributed by atoms with Gasteiger partial charge in [0.05, 0.1) is 12.2 Å². The van der Waals surface area contributed by atoms with Gasteiger partial charge in [-0.2, -0.15) is 0 Å². The third-order valence-corrected chi connectivity index (χ3v) is 9.19. The largest absolute Gasteiger partial charge is 0.481 e. The van der Waals surface area contributed by atoms with E-state index in [0.29, 0.717) is 19.3 Å². The number of carbonyl (C=O) groups excluding carboxylic acids is 2. The van der Waals surface area contributed by atoms with Crippen molar-refractivity contribution in [3.05, 3.63) is 23.8 Å². The summed E-state index contributed by atoms with van der Waals surface area (Å²) in [4.78, 5) is 34.1. The summed E-state index contributed by atoms with van der Waals surface area (Å²) in [6.45, 7) is 7.50. The maximum Gasteiger partial charge on any atom is 0.300 e. The molecule has 8 nitrogen and oxygen atoms in total. The zero-order valence-corrected chi connectivity index (χ0v) is 20.8. The fraction of sp³-hybridized carbons (Fsp3) is 0.731. The van der Waals surface area contributed by atoms with Gasteiger partial charge in [0, 0.05) is 23.7 Å². The number of ether oxygens (including phenoxy) is 2. The van der Waals surface area contributed by atoms with Crippen molar-refractivity contribution in [2.45, 2.75) is 89.6 Å². The van der Waals surface area contributed by atoms with E-state index in [9.17, 15) is 19.8 Å². The summed E-state index contributed by atoms with van der Waals surface area (Å²) in [5, 5.41) is 28.6. The number of aliphatic hydroxyl groups excluding tert-OH is 2. The molecule has 0 bridgehead atoms. The summed E-state index contributed by atoms with van der Waals surface area (Å²) in [6, 6.07) is 0. The molecular formula is C26H35FO8. The standard InChI is InChI=1S/C24H31FO6.C2H4O2/c1-20(2)30-19-10-16-15-6-5-13-9-14(27)7-8-21(13,3)23(15,25)17(28)11-22(16,4)24(19,31-20)18(29)12-26;1-2(3)4/h7-9,15-17,19,26,28H,5-6,10-12H2,1-4H3;1H3,(H,3,4)/t15-,16-,17-,19+,21-,22-,23-,24+;/m0./s1. The van der Waals surface area contributed by atoms with Crippen LogP contribution in [0.4, 0.5) is 4.39 Å². The number of carboxylic acids is 1. The summed E-state index contributed by atoms with van der Waals surface area (Å²) in [7, 11) is 0. The molecule has 3 N–H and O–H groups in total. The molecule has 5 aliphatic rings. The zero-order chi connectivity index (χ0) is 26.2. The molecule has 4 aliphatic carbocycles. The van der Waals surface area contributed by atoms with Crippen LogP contribution >= 0.6 is 0 Å². The van der Waals surface area contributed by atoms with Gasteiger partial charge in [-0.05, 0) is 64.5 Å². The number of allylic oxidation sites excluding steroid dienone is 4. The minimum Gasteiger partial charge on any atom is -0.481 e. The summed E-state index contributed by atoms with van der Waals surface area (Å²) >= 11 is 0. The van der Waals surface area contributed by atoms with Gasteiger partial charge in [0.1, 0.15) is 6.61 Å². The van der Waals surface area contributed by atoms with Crippen LogP contribution in [0.2, 0.25) is 0 Å². The Kier molecular flexibility index (Phi) is 6.00. The number of rotatable bonds is 2. The minimum atomic E-state index is -1.98. The van der Waals surface area contributed by atoms with Crippen molar-refractivity contribution < 1.29 is 43.6 Å².